The molecule has 0 unspecified atom stereocenters. The van der Waals surface area contributed by atoms with Gasteiger partial charge >= 0.3 is 0 Å². The molecule has 0 aliphatic heterocycles. The van der Waals surface area contributed by atoms with E-state index in [1.165, 1.54) is 11.8 Å². The number of rotatable bonds is 1. The van der Waals surface area contributed by atoms with E-state index in [4.69, 9.17) is 5.26 Å². The van der Waals surface area contributed by atoms with E-state index in [9.17, 15) is 5.11 Å². The number of phenols is 1. The van der Waals surface area contributed by atoms with Crippen LogP contribution in [0.2, 0.25) is 0 Å². The molecule has 15 heavy (non-hydrogen) atoms. The Kier molecular flexibility index (Phi) is 4.01. The van der Waals surface area contributed by atoms with E-state index in [1.54, 1.807) is 24.4 Å². The summed E-state index contributed by atoms with van der Waals surface area (Å²) in [5.74, 6) is 0.202. The number of nitrogens with zero attached hydrogens (tertiary/aromatic N) is 2. The zero-order valence-electron chi connectivity index (χ0n) is 8.48. The van der Waals surface area contributed by atoms with E-state index in [2.05, 4.69) is 10.3 Å². The number of benzene rings is 1. The summed E-state index contributed by atoms with van der Waals surface area (Å²) >= 11 is 1.33. The lowest BCUT2D eigenvalue weighted by Crippen LogP contribution is -2.12. The van der Waals surface area contributed by atoms with Gasteiger partial charge in [0, 0.05) is 6.07 Å². The number of aromatic hydroxyl groups is 1. The molecule has 0 aromatic heterocycles. The second-order valence-electron chi connectivity index (χ2n) is 2.83. The predicted octanol–water partition coefficient (Wildman–Crippen LogP) is 2.12. The predicted molar refractivity (Wildman–Crippen MR) is 62.2 cm³/mol. The lowest BCUT2D eigenvalue weighted by atomic mass is 10.2. The van der Waals surface area contributed by atoms with Crippen LogP contribution < -0.4 is 5.32 Å². The Hall–Kier alpha value is -1.67. The summed E-state index contributed by atoms with van der Waals surface area (Å²) in [5.41, 5.74) is 1.41. The number of aryl methyl sites for hydroxylation is 1. The number of hydrogen-bond acceptors (Lipinski definition) is 4. The first-order valence-electron chi connectivity index (χ1n) is 4.24. The van der Waals surface area contributed by atoms with E-state index in [0.717, 1.165) is 5.56 Å². The first-order chi connectivity index (χ1) is 7.17. The van der Waals surface area contributed by atoms with E-state index < -0.39 is 0 Å². The van der Waals surface area contributed by atoms with Gasteiger partial charge in [0.1, 0.15) is 5.75 Å². The zero-order valence-corrected chi connectivity index (χ0v) is 9.30. The van der Waals surface area contributed by atoms with Crippen LogP contribution in [0.4, 0.5) is 5.69 Å². The maximum atomic E-state index is 9.45. The first kappa shape index (κ1) is 11.4. The van der Waals surface area contributed by atoms with Crippen LogP contribution >= 0.6 is 11.8 Å². The highest BCUT2D eigenvalue weighted by molar-refractivity contribution is 8.13. The van der Waals surface area contributed by atoms with Gasteiger partial charge in [0.2, 0.25) is 0 Å². The van der Waals surface area contributed by atoms with E-state index in [0.29, 0.717) is 10.9 Å². The smallest absolute Gasteiger partial charge is 0.183 e. The highest BCUT2D eigenvalue weighted by Crippen LogP contribution is 2.23. The average Bonchev–Trinajstić information content (AvgIpc) is 2.23. The molecule has 2 N–H and O–H groups in total. The van der Waals surface area contributed by atoms with Gasteiger partial charge in [-0.15, -0.1) is 0 Å². The van der Waals surface area contributed by atoms with E-state index in [-0.39, 0.29) is 5.75 Å². The minimum atomic E-state index is 0.202. The number of phenolic OH excluding ortho intramolecular Hbond substituents is 1. The largest absolute Gasteiger partial charge is 0.508 e. The molecular weight excluding hydrogens is 210 g/mol. The lowest BCUT2D eigenvalue weighted by molar-refractivity contribution is 0.471. The molecule has 78 valence electrons. The van der Waals surface area contributed by atoms with Gasteiger partial charge in [0.05, 0.1) is 5.69 Å². The standard InChI is InChI=1S/C10H11N3OS/c1-7-3-4-8(5-9(7)14)13-10(15-2)12-6-11/h3-5,14H,1-2H3,(H,12,13). The number of nitriles is 1. The van der Waals surface area contributed by atoms with Crippen LogP contribution in [0.1, 0.15) is 5.56 Å². The summed E-state index contributed by atoms with van der Waals surface area (Å²) < 4.78 is 0. The maximum absolute atomic E-state index is 9.45. The molecule has 1 rings (SSSR count). The summed E-state index contributed by atoms with van der Waals surface area (Å²) in [6.07, 6.45) is 3.62. The Morgan fingerprint density at radius 1 is 1.60 bits per heavy atom. The monoisotopic (exact) mass is 221 g/mol. The molecule has 0 fully saturated rings. The Morgan fingerprint density at radius 3 is 2.87 bits per heavy atom. The third-order valence-electron chi connectivity index (χ3n) is 1.78. The highest BCUT2D eigenvalue weighted by atomic mass is 32.2. The van der Waals surface area contributed by atoms with Crippen LogP contribution in [-0.4, -0.2) is 16.5 Å². The van der Waals surface area contributed by atoms with Gasteiger partial charge in [0.25, 0.3) is 0 Å². The van der Waals surface area contributed by atoms with Crippen LogP contribution in [0.15, 0.2) is 23.2 Å². The fraction of sp³-hybridized carbons (Fsp3) is 0.200. The molecular formula is C10H11N3OS. The van der Waals surface area contributed by atoms with E-state index >= 15 is 0 Å². The van der Waals surface area contributed by atoms with Crippen molar-refractivity contribution in [3.8, 4) is 11.9 Å². The molecule has 0 aliphatic rings. The lowest BCUT2D eigenvalue weighted by Gasteiger charge is -2.02. The molecule has 0 radical (unpaired) electrons. The minimum Gasteiger partial charge on any atom is -0.508 e. The Balaban J connectivity index is 2.97. The van der Waals surface area contributed by atoms with Crippen LogP contribution in [0.3, 0.4) is 0 Å². The van der Waals surface area contributed by atoms with Gasteiger partial charge in [-0.25, -0.2) is 4.99 Å². The third kappa shape index (κ3) is 3.18. The van der Waals surface area contributed by atoms with Gasteiger partial charge in [-0.3, -0.25) is 5.32 Å². The third-order valence-corrected chi connectivity index (χ3v) is 2.36. The van der Waals surface area contributed by atoms with Gasteiger partial charge in [-0.1, -0.05) is 17.8 Å². The van der Waals surface area contributed by atoms with Crippen molar-refractivity contribution < 1.29 is 5.11 Å². The molecule has 0 amide bonds. The minimum absolute atomic E-state index is 0.202. The summed E-state index contributed by atoms with van der Waals surface area (Å²) in [4.78, 5) is 4.15. The molecule has 0 aliphatic carbocycles. The number of thioether (sulfide) groups is 1. The molecule has 0 bridgehead atoms. The van der Waals surface area contributed by atoms with Crippen LogP contribution in [0.5, 0.6) is 5.75 Å². The molecule has 0 saturated heterocycles. The topological polar surface area (TPSA) is 68.4 Å². The zero-order chi connectivity index (χ0) is 11.3. The summed E-state index contributed by atoms with van der Waals surface area (Å²) in [7, 11) is 0. The molecule has 4 nitrogen and oxygen atoms in total. The van der Waals surface area contributed by atoms with Crippen LogP contribution in [0, 0.1) is 18.4 Å². The number of hydrogen-bond donors (Lipinski definition) is 2. The van der Waals surface area contributed by atoms with Crippen LogP contribution in [0.25, 0.3) is 0 Å². The van der Waals surface area contributed by atoms with Crippen molar-refractivity contribution in [3.63, 3.8) is 0 Å². The molecule has 0 saturated carbocycles. The Morgan fingerprint density at radius 2 is 2.33 bits per heavy atom. The average molecular weight is 221 g/mol. The van der Waals surface area contributed by atoms with Crippen molar-refractivity contribution in [2.24, 2.45) is 4.99 Å². The maximum Gasteiger partial charge on any atom is 0.183 e. The van der Waals surface area contributed by atoms with Crippen molar-refractivity contribution >= 4 is 22.6 Å². The fourth-order valence-corrected chi connectivity index (χ4v) is 1.30. The van der Waals surface area contributed by atoms with Gasteiger partial charge in [0.15, 0.2) is 11.4 Å². The van der Waals surface area contributed by atoms with Crippen molar-refractivity contribution in [3.05, 3.63) is 23.8 Å². The van der Waals surface area contributed by atoms with Crippen molar-refractivity contribution in [1.29, 1.82) is 5.26 Å². The van der Waals surface area contributed by atoms with E-state index in [1.807, 2.05) is 13.2 Å². The normalized spacial score (nSPS) is 10.9. The van der Waals surface area contributed by atoms with Crippen molar-refractivity contribution in [1.82, 2.24) is 5.32 Å². The van der Waals surface area contributed by atoms with Gasteiger partial charge in [-0.2, -0.15) is 5.26 Å². The number of amidine groups is 1. The second kappa shape index (κ2) is 5.27. The van der Waals surface area contributed by atoms with Crippen molar-refractivity contribution in [2.75, 3.05) is 6.26 Å². The molecule has 5 heteroatoms. The molecule has 1 aromatic carbocycles. The second-order valence-corrected chi connectivity index (χ2v) is 3.62. The first-order valence-corrected chi connectivity index (χ1v) is 5.47. The quantitative estimate of drug-likeness (QED) is 0.330. The summed E-state index contributed by atoms with van der Waals surface area (Å²) in [6.45, 7) is 1.81. The molecule has 0 atom stereocenters. The molecule has 0 heterocycles. The SMILES string of the molecule is CSC(=Nc1ccc(C)c(O)c1)NC#N. The highest BCUT2D eigenvalue weighted by Gasteiger charge is 1.99. The molecule has 0 spiro atoms. The van der Waals surface area contributed by atoms with Crippen LogP contribution in [-0.2, 0) is 0 Å². The van der Waals surface area contributed by atoms with Crippen molar-refractivity contribution in [2.45, 2.75) is 6.92 Å². The number of nitrogens with one attached hydrogen (secondary N) is 1. The molecule has 1 aromatic rings. The summed E-state index contributed by atoms with van der Waals surface area (Å²) in [5, 5.41) is 20.8. The van der Waals surface area contributed by atoms with Gasteiger partial charge in [-0.05, 0) is 24.8 Å². The Labute approximate surface area is 92.6 Å². The fourth-order valence-electron chi connectivity index (χ4n) is 0.957. The number of aliphatic imine (C=N–C) groups is 1. The Bertz CT molecular complexity index is 423. The van der Waals surface area contributed by atoms with Gasteiger partial charge < -0.3 is 5.11 Å². The summed E-state index contributed by atoms with van der Waals surface area (Å²) in [6, 6.07) is 5.12.